The second-order valence-electron chi connectivity index (χ2n) is 6.76. The van der Waals surface area contributed by atoms with Crippen LogP contribution >= 0.6 is 0 Å². The molecule has 1 aliphatic rings. The molecule has 26 heavy (non-hydrogen) atoms. The van der Waals surface area contributed by atoms with Crippen LogP contribution in [0.4, 0.5) is 5.69 Å². The molecule has 0 saturated heterocycles. The van der Waals surface area contributed by atoms with Gasteiger partial charge >= 0.3 is 0 Å². The van der Waals surface area contributed by atoms with E-state index in [0.29, 0.717) is 13.1 Å². The van der Waals surface area contributed by atoms with Crippen molar-refractivity contribution in [2.75, 3.05) is 11.4 Å². The van der Waals surface area contributed by atoms with Crippen LogP contribution in [0.15, 0.2) is 53.1 Å². The summed E-state index contributed by atoms with van der Waals surface area (Å²) < 4.78 is 5.24. The number of hydrogen-bond acceptors (Lipinski definition) is 3. The Kier molecular flexibility index (Phi) is 6.10. The molecule has 1 N–H and O–H groups in total. The van der Waals surface area contributed by atoms with E-state index in [-0.39, 0.29) is 23.7 Å². The van der Waals surface area contributed by atoms with Gasteiger partial charge in [0.15, 0.2) is 0 Å². The van der Waals surface area contributed by atoms with Crippen molar-refractivity contribution in [3.63, 3.8) is 0 Å². The van der Waals surface area contributed by atoms with E-state index in [1.54, 1.807) is 6.26 Å². The third-order valence-electron chi connectivity index (χ3n) is 5.11. The maximum Gasteiger partial charge on any atom is 0.230 e. The first-order valence-electron chi connectivity index (χ1n) is 9.35. The molecule has 1 aromatic heterocycles. The Balaban J connectivity index is 1.51. The number of amides is 2. The van der Waals surface area contributed by atoms with Gasteiger partial charge in [-0.15, -0.1) is 0 Å². The summed E-state index contributed by atoms with van der Waals surface area (Å²) in [6, 6.07) is 13.4. The van der Waals surface area contributed by atoms with Gasteiger partial charge in [-0.25, -0.2) is 0 Å². The SMILES string of the molecule is CCN(C(=O)C1CCC(C(=O)NCc2ccco2)CC1)c1ccccc1. The molecule has 1 heterocycles. The fourth-order valence-electron chi connectivity index (χ4n) is 3.63. The van der Waals surface area contributed by atoms with E-state index in [0.717, 1.165) is 37.1 Å². The Bertz CT molecular complexity index is 704. The monoisotopic (exact) mass is 354 g/mol. The molecular weight excluding hydrogens is 328 g/mol. The number of para-hydroxylation sites is 1. The molecule has 0 atom stereocenters. The summed E-state index contributed by atoms with van der Waals surface area (Å²) in [6.45, 7) is 3.08. The van der Waals surface area contributed by atoms with Gasteiger partial charge in [0.05, 0.1) is 12.8 Å². The maximum atomic E-state index is 12.9. The normalized spacial score (nSPS) is 19.7. The van der Waals surface area contributed by atoms with E-state index < -0.39 is 0 Å². The summed E-state index contributed by atoms with van der Waals surface area (Å²) in [5.74, 6) is 0.976. The molecule has 3 rings (SSSR count). The van der Waals surface area contributed by atoms with Gasteiger partial charge in [-0.3, -0.25) is 9.59 Å². The van der Waals surface area contributed by atoms with Crippen molar-refractivity contribution in [1.29, 1.82) is 0 Å². The van der Waals surface area contributed by atoms with Crippen LogP contribution in [0.2, 0.25) is 0 Å². The van der Waals surface area contributed by atoms with E-state index >= 15 is 0 Å². The minimum absolute atomic E-state index is 0.00396. The first kappa shape index (κ1) is 18.2. The van der Waals surface area contributed by atoms with Crippen molar-refractivity contribution in [3.05, 3.63) is 54.5 Å². The average molecular weight is 354 g/mol. The lowest BCUT2D eigenvalue weighted by atomic mass is 9.81. The van der Waals surface area contributed by atoms with E-state index in [4.69, 9.17) is 4.42 Å². The van der Waals surface area contributed by atoms with Crippen molar-refractivity contribution in [1.82, 2.24) is 5.32 Å². The van der Waals surface area contributed by atoms with Gasteiger partial charge in [-0.1, -0.05) is 18.2 Å². The van der Waals surface area contributed by atoms with Gasteiger partial charge in [0.2, 0.25) is 11.8 Å². The third kappa shape index (κ3) is 4.34. The molecule has 2 amide bonds. The topological polar surface area (TPSA) is 62.6 Å². The Morgan fingerprint density at radius 2 is 1.73 bits per heavy atom. The summed E-state index contributed by atoms with van der Waals surface area (Å²) >= 11 is 0. The van der Waals surface area contributed by atoms with Gasteiger partial charge < -0.3 is 14.6 Å². The summed E-state index contributed by atoms with van der Waals surface area (Å²) in [5, 5.41) is 2.93. The second kappa shape index (κ2) is 8.70. The molecule has 0 radical (unpaired) electrons. The number of hydrogen-bond donors (Lipinski definition) is 1. The van der Waals surface area contributed by atoms with Crippen molar-refractivity contribution >= 4 is 17.5 Å². The lowest BCUT2D eigenvalue weighted by Gasteiger charge is -2.31. The zero-order chi connectivity index (χ0) is 18.4. The maximum absolute atomic E-state index is 12.9. The molecule has 1 aromatic carbocycles. The largest absolute Gasteiger partial charge is 0.467 e. The van der Waals surface area contributed by atoms with Crippen LogP contribution in [0.3, 0.4) is 0 Å². The smallest absolute Gasteiger partial charge is 0.230 e. The van der Waals surface area contributed by atoms with Gasteiger partial charge in [0, 0.05) is 24.1 Å². The Morgan fingerprint density at radius 3 is 2.35 bits per heavy atom. The van der Waals surface area contributed by atoms with Crippen molar-refractivity contribution in [3.8, 4) is 0 Å². The molecular formula is C21H26N2O3. The number of rotatable bonds is 6. The highest BCUT2D eigenvalue weighted by atomic mass is 16.3. The standard InChI is InChI=1S/C21H26N2O3/c1-2-23(18-7-4-3-5-8-18)21(25)17-12-10-16(11-13-17)20(24)22-15-19-9-6-14-26-19/h3-9,14,16-17H,2,10-13,15H2,1H3,(H,22,24). The number of benzene rings is 1. The number of carbonyl (C=O) groups excluding carboxylic acids is 2. The molecule has 0 spiro atoms. The van der Waals surface area contributed by atoms with Crippen molar-refractivity contribution < 1.29 is 14.0 Å². The Morgan fingerprint density at radius 1 is 1.04 bits per heavy atom. The number of nitrogens with one attached hydrogen (secondary N) is 1. The molecule has 0 aliphatic heterocycles. The summed E-state index contributed by atoms with van der Waals surface area (Å²) in [5.41, 5.74) is 0.943. The van der Waals surface area contributed by atoms with E-state index in [9.17, 15) is 9.59 Å². The quantitative estimate of drug-likeness (QED) is 0.859. The molecule has 1 aliphatic carbocycles. The van der Waals surface area contributed by atoms with Gasteiger partial charge in [0.25, 0.3) is 0 Å². The van der Waals surface area contributed by atoms with E-state index in [1.807, 2.05) is 54.3 Å². The van der Waals surface area contributed by atoms with Crippen molar-refractivity contribution in [2.45, 2.75) is 39.2 Å². The summed E-state index contributed by atoms with van der Waals surface area (Å²) in [4.78, 5) is 27.1. The van der Waals surface area contributed by atoms with Crippen LogP contribution in [-0.4, -0.2) is 18.4 Å². The minimum Gasteiger partial charge on any atom is -0.467 e. The zero-order valence-corrected chi connectivity index (χ0v) is 15.2. The van der Waals surface area contributed by atoms with E-state index in [2.05, 4.69) is 5.32 Å². The number of anilines is 1. The molecule has 1 fully saturated rings. The summed E-state index contributed by atoms with van der Waals surface area (Å²) in [7, 11) is 0. The van der Waals surface area contributed by atoms with Crippen LogP contribution in [0.1, 0.15) is 38.4 Å². The molecule has 138 valence electrons. The van der Waals surface area contributed by atoms with Gasteiger partial charge in [-0.05, 0) is 56.9 Å². The number of carbonyl (C=O) groups is 2. The third-order valence-corrected chi connectivity index (χ3v) is 5.11. The lowest BCUT2D eigenvalue weighted by molar-refractivity contribution is -0.129. The predicted molar refractivity (Wildman–Crippen MR) is 100 cm³/mol. The highest BCUT2D eigenvalue weighted by Gasteiger charge is 2.32. The highest BCUT2D eigenvalue weighted by molar-refractivity contribution is 5.95. The molecule has 5 nitrogen and oxygen atoms in total. The van der Waals surface area contributed by atoms with Crippen molar-refractivity contribution in [2.24, 2.45) is 11.8 Å². The fourth-order valence-corrected chi connectivity index (χ4v) is 3.63. The minimum atomic E-state index is -0.0131. The van der Waals surface area contributed by atoms with E-state index in [1.165, 1.54) is 0 Å². The molecule has 1 saturated carbocycles. The zero-order valence-electron chi connectivity index (χ0n) is 15.2. The van der Waals surface area contributed by atoms with Gasteiger partial charge in [0.1, 0.15) is 5.76 Å². The number of furan rings is 1. The van der Waals surface area contributed by atoms with Gasteiger partial charge in [-0.2, -0.15) is 0 Å². The second-order valence-corrected chi connectivity index (χ2v) is 6.76. The first-order chi connectivity index (χ1) is 12.7. The predicted octanol–water partition coefficient (Wildman–Crippen LogP) is 3.76. The highest BCUT2D eigenvalue weighted by Crippen LogP contribution is 2.31. The van der Waals surface area contributed by atoms with Crippen LogP contribution in [-0.2, 0) is 16.1 Å². The van der Waals surface area contributed by atoms with Crippen LogP contribution < -0.4 is 10.2 Å². The number of nitrogens with zero attached hydrogens (tertiary/aromatic N) is 1. The average Bonchev–Trinajstić information content (AvgIpc) is 3.21. The van der Waals surface area contributed by atoms with Crippen LogP contribution in [0, 0.1) is 11.8 Å². The fraction of sp³-hybridized carbons (Fsp3) is 0.429. The van der Waals surface area contributed by atoms with Crippen LogP contribution in [0.25, 0.3) is 0 Å². The molecule has 0 bridgehead atoms. The lowest BCUT2D eigenvalue weighted by Crippen LogP contribution is -2.39. The molecule has 2 aromatic rings. The van der Waals surface area contributed by atoms with Crippen LogP contribution in [0.5, 0.6) is 0 Å². The Hall–Kier alpha value is -2.56. The Labute approximate surface area is 154 Å². The molecule has 0 unspecified atom stereocenters. The summed E-state index contributed by atoms with van der Waals surface area (Å²) in [6.07, 6.45) is 4.64. The first-order valence-corrected chi connectivity index (χ1v) is 9.35. The molecule has 5 heteroatoms.